The average molecular weight is 545 g/mol. The molecule has 40 heavy (non-hydrogen) atoms. The number of aliphatic hydroxyl groups excluding tert-OH is 1. The molecule has 1 heterocycles. The molecule has 1 amide bonds. The average Bonchev–Trinajstić information content (AvgIpc) is 3.18. The van der Waals surface area contributed by atoms with Crippen LogP contribution in [0.1, 0.15) is 41.6 Å². The third-order valence-electron chi connectivity index (χ3n) is 6.76. The largest absolute Gasteiger partial charge is 0.507 e. The van der Waals surface area contributed by atoms with E-state index in [2.05, 4.69) is 6.07 Å². The van der Waals surface area contributed by atoms with Crippen molar-refractivity contribution >= 4 is 17.4 Å². The Morgan fingerprint density at radius 3 is 2.42 bits per heavy atom. The number of carbonyl (C=O) groups excluding carboxylic acids is 2. The third kappa shape index (κ3) is 6.46. The van der Waals surface area contributed by atoms with E-state index in [0.717, 1.165) is 17.7 Å². The molecule has 0 bridgehead atoms. The molecule has 1 aliphatic rings. The van der Waals surface area contributed by atoms with Gasteiger partial charge in [0.15, 0.2) is 11.5 Å². The van der Waals surface area contributed by atoms with Crippen LogP contribution >= 0.6 is 0 Å². The van der Waals surface area contributed by atoms with Crippen LogP contribution in [0.5, 0.6) is 17.2 Å². The van der Waals surface area contributed by atoms with E-state index in [1.165, 1.54) is 11.0 Å². The zero-order chi connectivity index (χ0) is 28.8. The first-order chi connectivity index (χ1) is 19.2. The summed E-state index contributed by atoms with van der Waals surface area (Å²) in [7, 11) is 3.88. The summed E-state index contributed by atoms with van der Waals surface area (Å²) in [4.78, 5) is 30.0. The van der Waals surface area contributed by atoms with E-state index in [9.17, 15) is 19.8 Å². The standard InChI is InChI=1S/C32H36N2O6/c1-5-39-27-19-24(12-15-26(27)35)29-28(31(37)32(38)34(29)17-7-16-33(3)4)30(36)23-10-13-25(14-11-23)40-20-22-9-6-8-21(2)18-22/h6,8-15,18-19,29,35-36H,5,7,16-17,20H2,1-4H3/b30-28+/t29-/m0/s1. The van der Waals surface area contributed by atoms with E-state index in [1.807, 2.05) is 44.1 Å². The van der Waals surface area contributed by atoms with Gasteiger partial charge in [-0.25, -0.2) is 0 Å². The van der Waals surface area contributed by atoms with Gasteiger partial charge in [-0.3, -0.25) is 9.59 Å². The van der Waals surface area contributed by atoms with Crippen molar-refractivity contribution in [1.82, 2.24) is 9.80 Å². The molecule has 0 radical (unpaired) electrons. The van der Waals surface area contributed by atoms with Gasteiger partial charge in [-0.15, -0.1) is 0 Å². The maximum atomic E-state index is 13.3. The highest BCUT2D eigenvalue weighted by molar-refractivity contribution is 6.46. The van der Waals surface area contributed by atoms with Crippen LogP contribution in [0.25, 0.3) is 5.76 Å². The molecule has 3 aromatic rings. The Hall–Kier alpha value is -4.30. The molecule has 0 saturated carbocycles. The normalized spacial score (nSPS) is 16.5. The number of hydrogen-bond donors (Lipinski definition) is 2. The first-order valence-corrected chi connectivity index (χ1v) is 13.4. The van der Waals surface area contributed by atoms with Crippen LogP contribution in [0, 0.1) is 6.92 Å². The minimum absolute atomic E-state index is 0.00331. The number of likely N-dealkylation sites (tertiary alicyclic amines) is 1. The first kappa shape index (κ1) is 28.7. The van der Waals surface area contributed by atoms with Gasteiger partial charge in [0, 0.05) is 12.1 Å². The van der Waals surface area contributed by atoms with Crippen LogP contribution in [-0.2, 0) is 16.2 Å². The summed E-state index contributed by atoms with van der Waals surface area (Å²) in [6, 6.07) is 18.7. The topological polar surface area (TPSA) is 99.5 Å². The number of phenols is 1. The number of nitrogens with zero attached hydrogens (tertiary/aromatic N) is 2. The van der Waals surface area contributed by atoms with Gasteiger partial charge in [-0.2, -0.15) is 0 Å². The van der Waals surface area contributed by atoms with E-state index in [0.29, 0.717) is 43.1 Å². The Bertz CT molecular complexity index is 1400. The van der Waals surface area contributed by atoms with Gasteiger partial charge in [-0.05, 0) is 88.4 Å². The highest BCUT2D eigenvalue weighted by atomic mass is 16.5. The van der Waals surface area contributed by atoms with Crippen molar-refractivity contribution in [2.24, 2.45) is 0 Å². The fourth-order valence-corrected chi connectivity index (χ4v) is 4.82. The van der Waals surface area contributed by atoms with Gasteiger partial charge in [0.2, 0.25) is 0 Å². The Morgan fingerprint density at radius 1 is 1.00 bits per heavy atom. The Kier molecular flexibility index (Phi) is 9.11. The molecule has 3 aromatic carbocycles. The van der Waals surface area contributed by atoms with Crippen molar-refractivity contribution in [3.63, 3.8) is 0 Å². The van der Waals surface area contributed by atoms with Gasteiger partial charge < -0.3 is 29.5 Å². The maximum Gasteiger partial charge on any atom is 0.295 e. The van der Waals surface area contributed by atoms with E-state index < -0.39 is 17.7 Å². The number of aryl methyl sites for hydroxylation is 1. The van der Waals surface area contributed by atoms with Gasteiger partial charge in [-0.1, -0.05) is 35.9 Å². The van der Waals surface area contributed by atoms with E-state index in [1.54, 1.807) is 43.3 Å². The molecule has 1 atom stereocenters. The lowest BCUT2D eigenvalue weighted by Crippen LogP contribution is -2.32. The van der Waals surface area contributed by atoms with Crippen molar-refractivity contribution in [2.45, 2.75) is 32.9 Å². The zero-order valence-corrected chi connectivity index (χ0v) is 23.4. The van der Waals surface area contributed by atoms with E-state index in [4.69, 9.17) is 9.47 Å². The lowest BCUT2D eigenvalue weighted by molar-refractivity contribution is -0.139. The lowest BCUT2D eigenvalue weighted by Gasteiger charge is -2.26. The molecule has 4 rings (SSSR count). The highest BCUT2D eigenvalue weighted by Gasteiger charge is 2.46. The minimum atomic E-state index is -0.834. The number of benzene rings is 3. The molecular formula is C32H36N2O6. The summed E-state index contributed by atoms with van der Waals surface area (Å²) in [6.45, 7) is 5.59. The number of Topliss-reactive ketones (excluding diaryl/α,β-unsaturated/α-hetero) is 1. The van der Waals surface area contributed by atoms with Crippen LogP contribution in [0.4, 0.5) is 0 Å². The van der Waals surface area contributed by atoms with Crippen LogP contribution in [-0.4, -0.2) is 65.5 Å². The highest BCUT2D eigenvalue weighted by Crippen LogP contribution is 2.42. The molecule has 1 aliphatic heterocycles. The molecule has 0 aliphatic carbocycles. The summed E-state index contributed by atoms with van der Waals surface area (Å²) in [5, 5.41) is 21.6. The lowest BCUT2D eigenvalue weighted by atomic mass is 9.95. The molecular weight excluding hydrogens is 508 g/mol. The van der Waals surface area contributed by atoms with Crippen LogP contribution in [0.15, 0.2) is 72.3 Å². The molecule has 1 fully saturated rings. The van der Waals surface area contributed by atoms with Crippen molar-refractivity contribution in [3.8, 4) is 17.2 Å². The predicted molar refractivity (Wildman–Crippen MR) is 153 cm³/mol. The smallest absolute Gasteiger partial charge is 0.295 e. The van der Waals surface area contributed by atoms with Crippen molar-refractivity contribution in [2.75, 3.05) is 33.8 Å². The van der Waals surface area contributed by atoms with Crippen LogP contribution in [0.3, 0.4) is 0 Å². The number of hydrogen-bond acceptors (Lipinski definition) is 7. The van der Waals surface area contributed by atoms with Crippen molar-refractivity contribution in [1.29, 1.82) is 0 Å². The third-order valence-corrected chi connectivity index (χ3v) is 6.76. The molecule has 8 nitrogen and oxygen atoms in total. The molecule has 2 N–H and O–H groups in total. The second-order valence-electron chi connectivity index (χ2n) is 10.1. The van der Waals surface area contributed by atoms with Gasteiger partial charge in [0.25, 0.3) is 11.7 Å². The van der Waals surface area contributed by atoms with E-state index in [-0.39, 0.29) is 22.8 Å². The monoisotopic (exact) mass is 544 g/mol. The fourth-order valence-electron chi connectivity index (χ4n) is 4.82. The van der Waals surface area contributed by atoms with Gasteiger partial charge >= 0.3 is 0 Å². The second kappa shape index (κ2) is 12.7. The summed E-state index contributed by atoms with van der Waals surface area (Å²) < 4.78 is 11.5. The number of ether oxygens (including phenoxy) is 2. The Balaban J connectivity index is 1.67. The van der Waals surface area contributed by atoms with Crippen molar-refractivity contribution in [3.05, 3.63) is 94.6 Å². The number of carbonyl (C=O) groups is 2. The first-order valence-electron chi connectivity index (χ1n) is 13.4. The Morgan fingerprint density at radius 2 is 1.75 bits per heavy atom. The summed E-state index contributed by atoms with van der Waals surface area (Å²) in [6.07, 6.45) is 0.639. The number of aromatic hydroxyl groups is 1. The molecule has 0 aromatic heterocycles. The van der Waals surface area contributed by atoms with Gasteiger partial charge in [0.1, 0.15) is 18.1 Å². The zero-order valence-electron chi connectivity index (χ0n) is 23.4. The quantitative estimate of drug-likeness (QED) is 0.198. The summed E-state index contributed by atoms with van der Waals surface area (Å²) >= 11 is 0. The minimum Gasteiger partial charge on any atom is -0.507 e. The van der Waals surface area contributed by atoms with Crippen LogP contribution in [0.2, 0.25) is 0 Å². The summed E-state index contributed by atoms with van der Waals surface area (Å²) in [5.41, 5.74) is 3.14. The Labute approximate surface area is 235 Å². The van der Waals surface area contributed by atoms with E-state index >= 15 is 0 Å². The van der Waals surface area contributed by atoms with Crippen LogP contribution < -0.4 is 9.47 Å². The molecule has 210 valence electrons. The van der Waals surface area contributed by atoms with Gasteiger partial charge in [0.05, 0.1) is 18.2 Å². The number of rotatable bonds is 11. The number of amides is 1. The molecule has 1 saturated heterocycles. The molecule has 0 unspecified atom stereocenters. The number of ketones is 1. The predicted octanol–water partition coefficient (Wildman–Crippen LogP) is 5.05. The van der Waals surface area contributed by atoms with Crippen molar-refractivity contribution < 1.29 is 29.3 Å². The number of aliphatic hydroxyl groups is 1. The number of phenolic OH excluding ortho intramolecular Hbond substituents is 1. The SMILES string of the molecule is CCOc1cc([C@H]2/C(=C(\O)c3ccc(OCc4cccc(C)c4)cc3)C(=O)C(=O)N2CCCN(C)C)ccc1O. The molecule has 8 heteroatoms. The fraction of sp³-hybridized carbons (Fsp3) is 0.312. The second-order valence-corrected chi connectivity index (χ2v) is 10.1. The summed E-state index contributed by atoms with van der Waals surface area (Å²) in [5.74, 6) is -0.883. The molecule has 0 spiro atoms. The maximum absolute atomic E-state index is 13.3.